The summed E-state index contributed by atoms with van der Waals surface area (Å²) in [5.41, 5.74) is 1.42. The van der Waals surface area contributed by atoms with Gasteiger partial charge in [-0.3, -0.25) is 4.79 Å². The van der Waals surface area contributed by atoms with Crippen molar-refractivity contribution < 1.29 is 19.1 Å². The van der Waals surface area contributed by atoms with Gasteiger partial charge in [0.25, 0.3) is 0 Å². The van der Waals surface area contributed by atoms with Crippen LogP contribution in [-0.4, -0.2) is 17.8 Å². The molecule has 9 heteroatoms. The van der Waals surface area contributed by atoms with E-state index in [2.05, 4.69) is 36.9 Å². The van der Waals surface area contributed by atoms with Gasteiger partial charge in [-0.15, -0.1) is 11.3 Å². The number of cyclic esters (lactones) is 1. The molecule has 3 aromatic carbocycles. The Bertz CT molecular complexity index is 1550. The second-order valence-corrected chi connectivity index (χ2v) is 10.8. The van der Waals surface area contributed by atoms with E-state index in [1.807, 2.05) is 48.5 Å². The largest absolute Gasteiger partial charge is 0.426 e. The quantitative estimate of drug-likeness (QED) is 0.130. The molecule has 0 atom stereocenters. The summed E-state index contributed by atoms with van der Waals surface area (Å²) in [6, 6.07) is 20.2. The van der Waals surface area contributed by atoms with E-state index in [0.717, 1.165) is 24.6 Å². The Morgan fingerprint density at radius 3 is 2.60 bits per heavy atom. The summed E-state index contributed by atoms with van der Waals surface area (Å²) in [5, 5.41) is 1.33. The fraction of sp³-hybridized carbons (Fsp3) is 0.0385. The molecule has 35 heavy (non-hydrogen) atoms. The summed E-state index contributed by atoms with van der Waals surface area (Å²) in [6.07, 6.45) is 1.65. The number of hydrogen-bond acceptors (Lipinski definition) is 6. The van der Waals surface area contributed by atoms with Gasteiger partial charge in [0.1, 0.15) is 10.6 Å². The van der Waals surface area contributed by atoms with Gasteiger partial charge in [-0.25, -0.2) is 9.79 Å². The number of carbonyl (C=O) groups is 2. The maximum Gasteiger partial charge on any atom is 0.363 e. The van der Waals surface area contributed by atoms with Crippen molar-refractivity contribution in [3.05, 3.63) is 102 Å². The maximum atomic E-state index is 12.6. The second-order valence-electron chi connectivity index (χ2n) is 7.54. The van der Waals surface area contributed by atoms with Crippen molar-refractivity contribution in [1.29, 1.82) is 0 Å². The minimum atomic E-state index is -0.615. The van der Waals surface area contributed by atoms with Gasteiger partial charge in [-0.2, -0.15) is 0 Å². The molecule has 0 saturated heterocycles. The Kier molecular flexibility index (Phi) is 6.88. The van der Waals surface area contributed by atoms with Crippen LogP contribution in [0.15, 0.2) is 86.4 Å². The van der Waals surface area contributed by atoms with Crippen LogP contribution in [0.1, 0.15) is 16.0 Å². The summed E-state index contributed by atoms with van der Waals surface area (Å²) >= 11 is 14.8. The zero-order valence-electron chi connectivity index (χ0n) is 17.8. The number of hydrogen-bond donors (Lipinski definition) is 0. The van der Waals surface area contributed by atoms with Crippen LogP contribution < -0.4 is 4.74 Å². The zero-order chi connectivity index (χ0) is 24.5. The molecule has 0 N–H and O–H groups in total. The summed E-state index contributed by atoms with van der Waals surface area (Å²) < 4.78 is 13.7. The van der Waals surface area contributed by atoms with Gasteiger partial charge in [0, 0.05) is 24.6 Å². The van der Waals surface area contributed by atoms with E-state index in [-0.39, 0.29) is 18.0 Å². The Labute approximate surface area is 226 Å². The standard InChI is InChI=1S/C26H14Br2ClNO4S/c27-16-7-9-20(33-22(31)10-14-4-2-1-3-5-14)15(11-16)12-19-26(32)34-25(30-19)24-23(29)18-8-6-17(28)13-21(18)35-24/h1-9,11-13H,10H2/b19-12+. The van der Waals surface area contributed by atoms with E-state index < -0.39 is 11.9 Å². The van der Waals surface area contributed by atoms with Gasteiger partial charge in [-0.05, 0) is 42.0 Å². The van der Waals surface area contributed by atoms with Crippen molar-refractivity contribution in [2.75, 3.05) is 0 Å². The van der Waals surface area contributed by atoms with Gasteiger partial charge in [0.05, 0.1) is 11.4 Å². The van der Waals surface area contributed by atoms with E-state index in [0.29, 0.717) is 21.2 Å². The lowest BCUT2D eigenvalue weighted by Gasteiger charge is -2.08. The molecule has 174 valence electrons. The molecular weight excluding hydrogens is 618 g/mol. The summed E-state index contributed by atoms with van der Waals surface area (Å²) in [5.74, 6) is -0.583. The number of thiophene rings is 1. The molecule has 2 heterocycles. The number of benzene rings is 3. The van der Waals surface area contributed by atoms with E-state index in [1.165, 1.54) is 17.4 Å². The van der Waals surface area contributed by atoms with Crippen LogP contribution >= 0.6 is 54.8 Å². The molecule has 0 spiro atoms. The summed E-state index contributed by atoms with van der Waals surface area (Å²) in [7, 11) is 0. The van der Waals surface area contributed by atoms with Crippen LogP contribution in [0.4, 0.5) is 0 Å². The Balaban J connectivity index is 1.45. The van der Waals surface area contributed by atoms with Crippen LogP contribution in [0.3, 0.4) is 0 Å². The monoisotopic (exact) mass is 629 g/mol. The molecule has 1 aromatic heterocycles. The minimum Gasteiger partial charge on any atom is -0.426 e. The molecule has 0 radical (unpaired) electrons. The fourth-order valence-corrected chi connectivity index (χ4v) is 5.85. The maximum absolute atomic E-state index is 12.6. The van der Waals surface area contributed by atoms with Crippen LogP contribution in [0.5, 0.6) is 5.75 Å². The number of fused-ring (bicyclic) bond motifs is 1. The van der Waals surface area contributed by atoms with E-state index in [9.17, 15) is 9.59 Å². The SMILES string of the molecule is O=C(Cc1ccccc1)Oc1ccc(Br)cc1/C=C1/N=C(c2sc3cc(Br)ccc3c2Cl)OC1=O. The average Bonchev–Trinajstić information content (AvgIpc) is 3.35. The van der Waals surface area contributed by atoms with Crippen LogP contribution in [0.25, 0.3) is 16.2 Å². The van der Waals surface area contributed by atoms with Crippen molar-refractivity contribution >= 4 is 88.8 Å². The predicted octanol–water partition coefficient (Wildman–Crippen LogP) is 7.57. The first kappa shape index (κ1) is 23.9. The van der Waals surface area contributed by atoms with Crippen LogP contribution in [0.2, 0.25) is 5.02 Å². The number of aliphatic imine (C=N–C) groups is 1. The Morgan fingerprint density at radius 1 is 1.06 bits per heavy atom. The molecule has 0 unspecified atom stereocenters. The normalized spacial score (nSPS) is 14.3. The van der Waals surface area contributed by atoms with Crippen molar-refractivity contribution in [1.82, 2.24) is 0 Å². The lowest BCUT2D eigenvalue weighted by Crippen LogP contribution is -2.12. The lowest BCUT2D eigenvalue weighted by atomic mass is 10.1. The molecule has 0 aliphatic carbocycles. The van der Waals surface area contributed by atoms with Crippen molar-refractivity contribution in [3.63, 3.8) is 0 Å². The van der Waals surface area contributed by atoms with Crippen LogP contribution in [0, 0.1) is 0 Å². The van der Waals surface area contributed by atoms with Gasteiger partial charge >= 0.3 is 11.9 Å². The highest BCUT2D eigenvalue weighted by molar-refractivity contribution is 9.10. The minimum absolute atomic E-state index is 0.0770. The molecule has 0 bridgehead atoms. The fourth-order valence-electron chi connectivity index (χ4n) is 3.48. The number of esters is 2. The summed E-state index contributed by atoms with van der Waals surface area (Å²) in [4.78, 5) is 30.1. The average molecular weight is 632 g/mol. The molecule has 1 aliphatic heterocycles. The smallest absolute Gasteiger partial charge is 0.363 e. The number of nitrogens with zero attached hydrogens (tertiary/aromatic N) is 1. The van der Waals surface area contributed by atoms with E-state index in [1.54, 1.807) is 18.2 Å². The third kappa shape index (κ3) is 5.26. The zero-order valence-corrected chi connectivity index (χ0v) is 22.5. The Hall–Kier alpha value is -2.78. The van der Waals surface area contributed by atoms with Crippen molar-refractivity contribution in [2.45, 2.75) is 6.42 Å². The van der Waals surface area contributed by atoms with Gasteiger partial charge in [-0.1, -0.05) is 79.9 Å². The number of ether oxygens (including phenoxy) is 2. The topological polar surface area (TPSA) is 65.0 Å². The number of rotatable bonds is 5. The first-order valence-electron chi connectivity index (χ1n) is 10.3. The molecule has 0 saturated carbocycles. The molecule has 1 aliphatic rings. The predicted molar refractivity (Wildman–Crippen MR) is 145 cm³/mol. The van der Waals surface area contributed by atoms with Gasteiger partial charge in [0.2, 0.25) is 5.90 Å². The third-order valence-electron chi connectivity index (χ3n) is 5.09. The second kappa shape index (κ2) is 10.1. The first-order valence-corrected chi connectivity index (χ1v) is 13.1. The van der Waals surface area contributed by atoms with E-state index in [4.69, 9.17) is 21.1 Å². The van der Waals surface area contributed by atoms with Crippen molar-refractivity contribution in [3.8, 4) is 5.75 Å². The highest BCUT2D eigenvalue weighted by Gasteiger charge is 2.28. The first-order chi connectivity index (χ1) is 16.9. The van der Waals surface area contributed by atoms with Crippen molar-refractivity contribution in [2.24, 2.45) is 4.99 Å². The molecule has 0 fully saturated rings. The lowest BCUT2D eigenvalue weighted by molar-refractivity contribution is -0.133. The molecule has 5 nitrogen and oxygen atoms in total. The number of carbonyl (C=O) groups excluding carboxylic acids is 2. The highest BCUT2D eigenvalue weighted by atomic mass is 79.9. The van der Waals surface area contributed by atoms with E-state index >= 15 is 0 Å². The third-order valence-corrected chi connectivity index (χ3v) is 7.72. The van der Waals surface area contributed by atoms with Crippen LogP contribution in [-0.2, 0) is 20.7 Å². The molecular formula is C26H14Br2ClNO4S. The number of halogens is 3. The Morgan fingerprint density at radius 2 is 1.80 bits per heavy atom. The van der Waals surface area contributed by atoms with Gasteiger partial charge in [0.15, 0.2) is 5.70 Å². The highest BCUT2D eigenvalue weighted by Crippen LogP contribution is 2.39. The molecule has 5 rings (SSSR count). The van der Waals surface area contributed by atoms with Gasteiger partial charge < -0.3 is 9.47 Å². The molecule has 0 amide bonds. The molecule has 4 aromatic rings. The summed E-state index contributed by atoms with van der Waals surface area (Å²) in [6.45, 7) is 0.